The quantitative estimate of drug-likeness (QED) is 0.551. The summed E-state index contributed by atoms with van der Waals surface area (Å²) in [5, 5.41) is 3.87. The Hall–Kier alpha value is -3.63. The van der Waals surface area contributed by atoms with Crippen molar-refractivity contribution in [1.29, 1.82) is 0 Å². The molecule has 0 radical (unpaired) electrons. The van der Waals surface area contributed by atoms with Crippen LogP contribution in [0, 0.1) is 6.92 Å². The van der Waals surface area contributed by atoms with E-state index in [-0.39, 0.29) is 11.5 Å². The summed E-state index contributed by atoms with van der Waals surface area (Å²) in [6.45, 7) is 9.15. The number of aryl methyl sites for hydroxylation is 2. The molecule has 0 bridgehead atoms. The maximum Gasteiger partial charge on any atom is 0.437 e. The number of alkyl halides is 3. The summed E-state index contributed by atoms with van der Waals surface area (Å²) < 4.78 is 43.0. The lowest BCUT2D eigenvalue weighted by Gasteiger charge is -2.20. The first-order valence-electron chi connectivity index (χ1n) is 10.6. The molecule has 3 aromatic heterocycles. The maximum atomic E-state index is 13.9. The van der Waals surface area contributed by atoms with Crippen LogP contribution in [-0.2, 0) is 6.42 Å². The maximum absolute atomic E-state index is 13.9. The highest BCUT2D eigenvalue weighted by atomic mass is 19.4. The Bertz CT molecular complexity index is 1220. The van der Waals surface area contributed by atoms with Crippen LogP contribution in [0.1, 0.15) is 38.0 Å². The Kier molecular flexibility index (Phi) is 5.96. The van der Waals surface area contributed by atoms with E-state index in [2.05, 4.69) is 34.9 Å². The average molecular weight is 456 g/mol. The van der Waals surface area contributed by atoms with Crippen LogP contribution in [0.15, 0.2) is 40.8 Å². The van der Waals surface area contributed by atoms with Crippen LogP contribution in [-0.4, -0.2) is 55.3 Å². The minimum atomic E-state index is -4.71. The Morgan fingerprint density at radius 1 is 1.06 bits per heavy atom. The second-order valence-corrected chi connectivity index (χ2v) is 7.34. The molecule has 0 fully saturated rings. The summed E-state index contributed by atoms with van der Waals surface area (Å²) in [6.07, 6.45) is 0.204. The minimum absolute atomic E-state index is 0.0204. The van der Waals surface area contributed by atoms with Crippen molar-refractivity contribution in [3.63, 3.8) is 0 Å². The summed E-state index contributed by atoms with van der Waals surface area (Å²) in [5.41, 5.74) is 0.727. The van der Waals surface area contributed by atoms with Gasteiger partial charge in [0.05, 0.1) is 23.3 Å². The number of anilines is 1. The third-order valence-corrected chi connectivity index (χ3v) is 5.33. The molecule has 0 N–H and O–H groups in total. The van der Waals surface area contributed by atoms with Gasteiger partial charge in [-0.3, -0.25) is 9.97 Å². The molecule has 11 heteroatoms. The first-order valence-corrected chi connectivity index (χ1v) is 10.6. The van der Waals surface area contributed by atoms with Gasteiger partial charge in [0, 0.05) is 25.5 Å². The number of rotatable bonds is 6. The Labute approximate surface area is 189 Å². The molecule has 33 heavy (non-hydrogen) atoms. The Morgan fingerprint density at radius 2 is 1.82 bits per heavy atom. The van der Waals surface area contributed by atoms with Gasteiger partial charge in [0.25, 0.3) is 0 Å². The number of fused-ring (bicyclic) bond motifs is 1. The molecule has 1 aliphatic rings. The molecule has 4 heterocycles. The summed E-state index contributed by atoms with van der Waals surface area (Å²) in [4.78, 5) is 23.6. The predicted octanol–water partition coefficient (Wildman–Crippen LogP) is 4.35. The number of nitrogens with zero attached hydrogens (tertiary/aromatic N) is 8. The van der Waals surface area contributed by atoms with Gasteiger partial charge in [-0.25, -0.2) is 19.6 Å². The van der Waals surface area contributed by atoms with Gasteiger partial charge in [0.2, 0.25) is 0 Å². The number of aromatic nitrogens is 5. The number of hydrogen-bond acceptors (Lipinski definition) is 7. The molecule has 3 aromatic rings. The minimum Gasteiger partial charge on any atom is -0.357 e. The number of hydrogen-bond donors (Lipinski definition) is 0. The summed E-state index contributed by atoms with van der Waals surface area (Å²) in [7, 11) is 0. The smallest absolute Gasteiger partial charge is 0.357 e. The van der Waals surface area contributed by atoms with Gasteiger partial charge in [-0.15, -0.1) is 0 Å². The van der Waals surface area contributed by atoms with Gasteiger partial charge < -0.3 is 4.90 Å². The van der Waals surface area contributed by atoms with Crippen LogP contribution in [0.2, 0.25) is 0 Å². The van der Waals surface area contributed by atoms with Gasteiger partial charge in [0.15, 0.2) is 11.5 Å². The molecule has 0 unspecified atom stereocenters. The van der Waals surface area contributed by atoms with Crippen molar-refractivity contribution in [3.8, 4) is 11.4 Å². The van der Waals surface area contributed by atoms with Gasteiger partial charge in [0.1, 0.15) is 22.9 Å². The summed E-state index contributed by atoms with van der Waals surface area (Å²) >= 11 is 0. The zero-order valence-corrected chi connectivity index (χ0v) is 18.7. The third-order valence-electron chi connectivity index (χ3n) is 5.33. The molecule has 8 nitrogen and oxygen atoms in total. The molecule has 0 atom stereocenters. The first kappa shape index (κ1) is 22.6. The van der Waals surface area contributed by atoms with Crippen LogP contribution in [0.25, 0.3) is 11.4 Å². The highest BCUT2D eigenvalue weighted by Crippen LogP contribution is 2.33. The van der Waals surface area contributed by atoms with E-state index < -0.39 is 11.9 Å². The monoisotopic (exact) mass is 456 g/mol. The standard InChI is InChI=1S/C22H23F3N8/c1-5-14-19(16-12-26-10-11-27-16)33-21(30-14)18(20(31-33)22(23,24)25)29-15-8-9-17(28-13(15)4)32(6-2)7-3/h8-12H,5-7H2,1-4H3. The normalized spacial score (nSPS) is 14.5. The average Bonchev–Trinajstić information content (AvgIpc) is 3.33. The van der Waals surface area contributed by atoms with E-state index >= 15 is 0 Å². The van der Waals surface area contributed by atoms with Crippen molar-refractivity contribution in [2.24, 2.45) is 10.1 Å². The molecule has 0 amide bonds. The van der Waals surface area contributed by atoms with E-state index in [0.29, 0.717) is 34.9 Å². The molecule has 0 aromatic carbocycles. The molecule has 4 rings (SSSR count). The van der Waals surface area contributed by atoms with E-state index in [4.69, 9.17) is 0 Å². The topological polar surface area (TPSA) is 84.4 Å². The predicted molar refractivity (Wildman–Crippen MR) is 120 cm³/mol. The first-order chi connectivity index (χ1) is 15.8. The van der Waals surface area contributed by atoms with E-state index in [1.807, 2.05) is 20.8 Å². The van der Waals surface area contributed by atoms with Crippen LogP contribution in [0.3, 0.4) is 0 Å². The van der Waals surface area contributed by atoms with Crippen molar-refractivity contribution in [3.05, 3.63) is 47.9 Å². The lowest BCUT2D eigenvalue weighted by atomic mass is 10.2. The van der Waals surface area contributed by atoms with Crippen LogP contribution < -0.4 is 4.90 Å². The number of pyridine rings is 1. The van der Waals surface area contributed by atoms with Gasteiger partial charge >= 0.3 is 6.18 Å². The molecular formula is C22H23F3N8. The van der Waals surface area contributed by atoms with Crippen LogP contribution in [0.5, 0.6) is 0 Å². The van der Waals surface area contributed by atoms with E-state index in [9.17, 15) is 13.2 Å². The van der Waals surface area contributed by atoms with Crippen LogP contribution in [0.4, 0.5) is 24.7 Å². The van der Waals surface area contributed by atoms with Crippen molar-refractivity contribution in [2.75, 3.05) is 18.0 Å². The van der Waals surface area contributed by atoms with Crippen LogP contribution >= 0.6 is 0 Å². The van der Waals surface area contributed by atoms with E-state index in [1.165, 1.54) is 18.6 Å². The van der Waals surface area contributed by atoms with Gasteiger partial charge in [-0.2, -0.15) is 18.3 Å². The lowest BCUT2D eigenvalue weighted by Crippen LogP contribution is -2.29. The molecule has 0 saturated heterocycles. The number of imidazole rings is 1. The molecule has 0 aliphatic carbocycles. The second kappa shape index (κ2) is 8.72. The summed E-state index contributed by atoms with van der Waals surface area (Å²) in [5.74, 6) is 0.768. The highest BCUT2D eigenvalue weighted by Gasteiger charge is 2.46. The van der Waals surface area contributed by atoms with E-state index in [1.54, 1.807) is 19.1 Å². The number of halogens is 3. The second-order valence-electron chi connectivity index (χ2n) is 7.34. The zero-order valence-electron chi connectivity index (χ0n) is 18.7. The Morgan fingerprint density at radius 3 is 2.39 bits per heavy atom. The molecular weight excluding hydrogens is 433 g/mol. The van der Waals surface area contributed by atoms with Gasteiger partial charge in [-0.1, -0.05) is 6.92 Å². The molecule has 0 saturated carbocycles. The van der Waals surface area contributed by atoms with Gasteiger partial charge in [-0.05, 0) is 39.3 Å². The van der Waals surface area contributed by atoms with Crippen molar-refractivity contribution in [2.45, 2.75) is 40.3 Å². The lowest BCUT2D eigenvalue weighted by molar-refractivity contribution is -0.0567. The van der Waals surface area contributed by atoms with Crippen molar-refractivity contribution in [1.82, 2.24) is 24.6 Å². The number of aliphatic imine (C=N–C) groups is 1. The molecule has 172 valence electrons. The SMILES string of the molecule is CCc1nc2n(c1-c1cnccn1)N=C(C(F)(F)F)C2=Nc1ccc(N(CC)CC)nc1C. The fourth-order valence-corrected chi connectivity index (χ4v) is 3.68. The molecule has 1 aliphatic heterocycles. The molecule has 0 spiro atoms. The highest BCUT2D eigenvalue weighted by molar-refractivity contribution is 6.51. The van der Waals surface area contributed by atoms with Crippen molar-refractivity contribution < 1.29 is 13.2 Å². The zero-order chi connectivity index (χ0) is 23.8. The van der Waals surface area contributed by atoms with E-state index in [0.717, 1.165) is 23.6 Å². The fraction of sp³-hybridized carbons (Fsp3) is 0.364. The van der Waals surface area contributed by atoms with Crippen molar-refractivity contribution >= 4 is 22.9 Å². The fourth-order valence-electron chi connectivity index (χ4n) is 3.68. The largest absolute Gasteiger partial charge is 0.437 e. The Balaban J connectivity index is 1.88. The third kappa shape index (κ3) is 4.10. The summed E-state index contributed by atoms with van der Waals surface area (Å²) in [6, 6.07) is 3.43.